The zero-order chi connectivity index (χ0) is 24.1. The molecule has 3 amide bonds. The van der Waals surface area contributed by atoms with Gasteiger partial charge in [0.1, 0.15) is 13.2 Å². The highest BCUT2D eigenvalue weighted by Crippen LogP contribution is 2.44. The zero-order valence-electron chi connectivity index (χ0n) is 18.6. The maximum Gasteiger partial charge on any atom is 0.407 e. The molecule has 0 unspecified atom stereocenters. The molecule has 4 N–H and O–H groups in total. The SMILES string of the molecule is O=C(O)CNC(=O)CNC(=O)[C@@H]1CC[C@H](NC(=O)OCC2c3ccccc3-c3ccccc32)C1. The molecule has 4 rings (SSSR count). The third-order valence-corrected chi connectivity index (χ3v) is 6.33. The molecule has 0 heterocycles. The first-order valence-corrected chi connectivity index (χ1v) is 11.3. The van der Waals surface area contributed by atoms with Crippen molar-refractivity contribution in [2.45, 2.75) is 31.2 Å². The molecule has 178 valence electrons. The van der Waals surface area contributed by atoms with Crippen LogP contribution in [-0.2, 0) is 19.1 Å². The van der Waals surface area contributed by atoms with Crippen LogP contribution in [0.4, 0.5) is 4.79 Å². The molecular weight excluding hydrogens is 438 g/mol. The number of benzene rings is 2. The molecule has 0 aromatic heterocycles. The fourth-order valence-corrected chi connectivity index (χ4v) is 4.71. The van der Waals surface area contributed by atoms with Gasteiger partial charge in [-0.2, -0.15) is 0 Å². The summed E-state index contributed by atoms with van der Waals surface area (Å²) in [5.74, 6) is -2.36. The van der Waals surface area contributed by atoms with Gasteiger partial charge < -0.3 is 25.8 Å². The number of fused-ring (bicyclic) bond motifs is 3. The summed E-state index contributed by atoms with van der Waals surface area (Å²) in [4.78, 5) is 46.8. The van der Waals surface area contributed by atoms with E-state index in [-0.39, 0.29) is 36.9 Å². The van der Waals surface area contributed by atoms with Crippen molar-refractivity contribution in [1.82, 2.24) is 16.0 Å². The third-order valence-electron chi connectivity index (χ3n) is 6.33. The van der Waals surface area contributed by atoms with Crippen LogP contribution >= 0.6 is 0 Å². The largest absolute Gasteiger partial charge is 0.480 e. The van der Waals surface area contributed by atoms with Crippen molar-refractivity contribution in [1.29, 1.82) is 0 Å². The number of hydrogen-bond acceptors (Lipinski definition) is 5. The second-order valence-electron chi connectivity index (χ2n) is 8.57. The summed E-state index contributed by atoms with van der Waals surface area (Å²) in [6, 6.07) is 16.1. The predicted octanol–water partition coefficient (Wildman–Crippen LogP) is 2.01. The minimum absolute atomic E-state index is 0.0208. The molecule has 0 spiro atoms. The minimum Gasteiger partial charge on any atom is -0.480 e. The van der Waals surface area contributed by atoms with Crippen molar-refractivity contribution in [3.8, 4) is 11.1 Å². The highest BCUT2D eigenvalue weighted by molar-refractivity contribution is 5.87. The molecular formula is C25H27N3O6. The number of carbonyl (C=O) groups excluding carboxylic acids is 3. The van der Waals surface area contributed by atoms with Crippen molar-refractivity contribution in [2.75, 3.05) is 19.7 Å². The molecule has 0 radical (unpaired) electrons. The first-order chi connectivity index (χ1) is 16.4. The van der Waals surface area contributed by atoms with Gasteiger partial charge in [-0.3, -0.25) is 14.4 Å². The van der Waals surface area contributed by atoms with E-state index < -0.39 is 24.5 Å². The topological polar surface area (TPSA) is 134 Å². The number of hydrogen-bond donors (Lipinski definition) is 4. The second-order valence-corrected chi connectivity index (χ2v) is 8.57. The van der Waals surface area contributed by atoms with E-state index in [0.29, 0.717) is 19.3 Å². The Hall–Kier alpha value is -3.88. The Balaban J connectivity index is 1.23. The van der Waals surface area contributed by atoms with Crippen LogP contribution in [0.1, 0.15) is 36.3 Å². The van der Waals surface area contributed by atoms with Gasteiger partial charge in [0, 0.05) is 17.9 Å². The maximum absolute atomic E-state index is 12.5. The molecule has 2 aliphatic carbocycles. The summed E-state index contributed by atoms with van der Waals surface area (Å²) >= 11 is 0. The second kappa shape index (κ2) is 10.4. The summed E-state index contributed by atoms with van der Waals surface area (Å²) in [5, 5.41) is 16.1. The Morgan fingerprint density at radius 1 is 0.882 bits per heavy atom. The van der Waals surface area contributed by atoms with E-state index in [4.69, 9.17) is 9.84 Å². The monoisotopic (exact) mass is 465 g/mol. The number of carboxylic acids is 1. The summed E-state index contributed by atoms with van der Waals surface area (Å²) in [6.07, 6.45) is 1.15. The van der Waals surface area contributed by atoms with Crippen LogP contribution < -0.4 is 16.0 Å². The number of rotatable bonds is 8. The van der Waals surface area contributed by atoms with E-state index in [1.807, 2.05) is 24.3 Å². The molecule has 2 atom stereocenters. The maximum atomic E-state index is 12.5. The van der Waals surface area contributed by atoms with Crippen LogP contribution in [0, 0.1) is 5.92 Å². The fraction of sp³-hybridized carbons (Fsp3) is 0.360. The molecule has 1 fully saturated rings. The van der Waals surface area contributed by atoms with Gasteiger partial charge in [0.25, 0.3) is 0 Å². The van der Waals surface area contributed by atoms with Gasteiger partial charge in [-0.15, -0.1) is 0 Å². The van der Waals surface area contributed by atoms with Gasteiger partial charge in [0.15, 0.2) is 0 Å². The van der Waals surface area contributed by atoms with E-state index >= 15 is 0 Å². The lowest BCUT2D eigenvalue weighted by molar-refractivity contribution is -0.137. The van der Waals surface area contributed by atoms with Crippen LogP contribution in [-0.4, -0.2) is 54.7 Å². The van der Waals surface area contributed by atoms with Crippen LogP contribution in [0.3, 0.4) is 0 Å². The van der Waals surface area contributed by atoms with Crippen LogP contribution in [0.2, 0.25) is 0 Å². The van der Waals surface area contributed by atoms with Crippen molar-refractivity contribution < 1.29 is 29.0 Å². The molecule has 9 nitrogen and oxygen atoms in total. The van der Waals surface area contributed by atoms with Crippen LogP contribution in [0.5, 0.6) is 0 Å². The van der Waals surface area contributed by atoms with Gasteiger partial charge >= 0.3 is 12.1 Å². The normalized spacial score (nSPS) is 18.5. The average molecular weight is 466 g/mol. The van der Waals surface area contributed by atoms with Crippen molar-refractivity contribution in [3.05, 3.63) is 59.7 Å². The van der Waals surface area contributed by atoms with Crippen molar-refractivity contribution in [3.63, 3.8) is 0 Å². The Morgan fingerprint density at radius 2 is 1.53 bits per heavy atom. The first-order valence-electron chi connectivity index (χ1n) is 11.3. The molecule has 9 heteroatoms. The number of carboxylic acid groups (broad SMARTS) is 1. The van der Waals surface area contributed by atoms with Crippen LogP contribution in [0.25, 0.3) is 11.1 Å². The Labute approximate surface area is 196 Å². The third kappa shape index (κ3) is 5.36. The van der Waals surface area contributed by atoms with Crippen LogP contribution in [0.15, 0.2) is 48.5 Å². The summed E-state index contributed by atoms with van der Waals surface area (Å²) < 4.78 is 5.57. The minimum atomic E-state index is -1.15. The van der Waals surface area contributed by atoms with E-state index in [9.17, 15) is 19.2 Å². The zero-order valence-corrected chi connectivity index (χ0v) is 18.6. The first kappa shape index (κ1) is 23.3. The highest BCUT2D eigenvalue weighted by atomic mass is 16.5. The van der Waals surface area contributed by atoms with Gasteiger partial charge in [-0.05, 0) is 41.5 Å². The number of ether oxygens (including phenoxy) is 1. The number of carbonyl (C=O) groups is 4. The lowest BCUT2D eigenvalue weighted by atomic mass is 9.98. The molecule has 2 aliphatic rings. The number of nitrogens with one attached hydrogen (secondary N) is 3. The highest BCUT2D eigenvalue weighted by Gasteiger charge is 2.32. The van der Waals surface area contributed by atoms with E-state index in [1.54, 1.807) is 0 Å². The lowest BCUT2D eigenvalue weighted by Crippen LogP contribution is -2.41. The molecule has 0 saturated heterocycles. The Bertz CT molecular complexity index is 1060. The van der Waals surface area contributed by atoms with Gasteiger partial charge in [0.05, 0.1) is 6.54 Å². The molecule has 0 bridgehead atoms. The number of alkyl carbamates (subject to hydrolysis) is 1. The number of amides is 3. The Kier molecular flexibility index (Phi) is 7.10. The quantitative estimate of drug-likeness (QED) is 0.471. The molecule has 2 aromatic rings. The van der Waals surface area contributed by atoms with Crippen molar-refractivity contribution in [2.24, 2.45) is 5.92 Å². The smallest absolute Gasteiger partial charge is 0.407 e. The molecule has 0 aliphatic heterocycles. The standard InChI is InChI=1S/C25H27N3O6/c29-22(26-13-23(30)31)12-27-24(32)15-9-10-16(11-15)28-25(33)34-14-21-19-7-3-1-5-17(19)18-6-2-4-8-20(18)21/h1-8,15-16,21H,9-14H2,(H,26,29)(H,27,32)(H,28,33)(H,30,31)/t15-,16+/m1/s1. The van der Waals surface area contributed by atoms with E-state index in [0.717, 1.165) is 22.3 Å². The Morgan fingerprint density at radius 3 is 2.18 bits per heavy atom. The predicted molar refractivity (Wildman–Crippen MR) is 123 cm³/mol. The van der Waals surface area contributed by atoms with Gasteiger partial charge in [-0.1, -0.05) is 48.5 Å². The molecule has 2 aromatic carbocycles. The van der Waals surface area contributed by atoms with Crippen molar-refractivity contribution >= 4 is 23.9 Å². The van der Waals surface area contributed by atoms with Gasteiger partial charge in [0.2, 0.25) is 11.8 Å². The lowest BCUT2D eigenvalue weighted by Gasteiger charge is -2.17. The summed E-state index contributed by atoms with van der Waals surface area (Å²) in [5.41, 5.74) is 4.60. The van der Waals surface area contributed by atoms with E-state index in [1.165, 1.54) is 0 Å². The summed E-state index contributed by atoms with van der Waals surface area (Å²) in [6.45, 7) is -0.556. The van der Waals surface area contributed by atoms with Gasteiger partial charge in [-0.25, -0.2) is 4.79 Å². The average Bonchev–Trinajstić information content (AvgIpc) is 3.42. The molecule has 34 heavy (non-hydrogen) atoms. The summed E-state index contributed by atoms with van der Waals surface area (Å²) in [7, 11) is 0. The molecule has 1 saturated carbocycles. The van der Waals surface area contributed by atoms with E-state index in [2.05, 4.69) is 40.2 Å². The fourth-order valence-electron chi connectivity index (χ4n) is 4.71. The number of aliphatic carboxylic acids is 1.